The summed E-state index contributed by atoms with van der Waals surface area (Å²) in [4.78, 5) is 11.6. The fourth-order valence-electron chi connectivity index (χ4n) is 2.47. The van der Waals surface area contributed by atoms with E-state index in [0.29, 0.717) is 6.61 Å². The minimum atomic E-state index is -4.79. The van der Waals surface area contributed by atoms with E-state index in [-0.39, 0.29) is 18.0 Å². The number of hydrogen-bond donors (Lipinski definition) is 1. The standard InChI is InChI=1S/C16H14FNO4S/c17-23(20,21)14-3-1-2-13(10-14)18-16(19)9-11-4-5-15-12(8-11)6-7-22-15/h1-5,8,10H,6-7,9H2,(H,18,19). The van der Waals surface area contributed by atoms with E-state index >= 15 is 0 Å². The first-order valence-electron chi connectivity index (χ1n) is 7.01. The van der Waals surface area contributed by atoms with E-state index in [4.69, 9.17) is 4.74 Å². The summed E-state index contributed by atoms with van der Waals surface area (Å²) in [6.45, 7) is 0.648. The first kappa shape index (κ1) is 15.5. The monoisotopic (exact) mass is 335 g/mol. The second kappa shape index (κ2) is 6.00. The number of carbonyl (C=O) groups is 1. The molecular formula is C16H14FNO4S. The first-order valence-corrected chi connectivity index (χ1v) is 8.39. The van der Waals surface area contributed by atoms with Gasteiger partial charge < -0.3 is 10.1 Å². The largest absolute Gasteiger partial charge is 0.493 e. The Bertz CT molecular complexity index is 864. The number of nitrogens with one attached hydrogen (secondary N) is 1. The van der Waals surface area contributed by atoms with Crippen molar-refractivity contribution >= 4 is 21.8 Å². The van der Waals surface area contributed by atoms with Gasteiger partial charge in [0.05, 0.1) is 13.0 Å². The van der Waals surface area contributed by atoms with Crippen molar-refractivity contribution in [2.45, 2.75) is 17.7 Å². The molecule has 1 heterocycles. The van der Waals surface area contributed by atoms with E-state index < -0.39 is 15.1 Å². The third-order valence-corrected chi connectivity index (χ3v) is 4.33. The van der Waals surface area contributed by atoms with Gasteiger partial charge in [0.2, 0.25) is 5.91 Å². The maximum atomic E-state index is 13.0. The lowest BCUT2D eigenvalue weighted by Gasteiger charge is -2.07. The van der Waals surface area contributed by atoms with Gasteiger partial charge in [-0.15, -0.1) is 3.89 Å². The summed E-state index contributed by atoms with van der Waals surface area (Å²) in [5, 5.41) is 2.57. The average Bonchev–Trinajstić information content (AvgIpc) is 2.94. The van der Waals surface area contributed by atoms with Crippen LogP contribution >= 0.6 is 0 Å². The van der Waals surface area contributed by atoms with Crippen LogP contribution in [0.5, 0.6) is 5.75 Å². The van der Waals surface area contributed by atoms with Gasteiger partial charge in [-0.3, -0.25) is 4.79 Å². The number of fused-ring (bicyclic) bond motifs is 1. The molecule has 0 bridgehead atoms. The molecular weight excluding hydrogens is 321 g/mol. The molecule has 1 N–H and O–H groups in total. The quantitative estimate of drug-likeness (QED) is 0.871. The van der Waals surface area contributed by atoms with Crippen LogP contribution < -0.4 is 10.1 Å². The highest BCUT2D eigenvalue weighted by molar-refractivity contribution is 7.86. The van der Waals surface area contributed by atoms with Crippen LogP contribution in [0.25, 0.3) is 0 Å². The molecule has 2 aromatic rings. The van der Waals surface area contributed by atoms with Crippen molar-refractivity contribution in [2.75, 3.05) is 11.9 Å². The topological polar surface area (TPSA) is 72.5 Å². The molecule has 0 radical (unpaired) electrons. The van der Waals surface area contributed by atoms with E-state index in [9.17, 15) is 17.1 Å². The Labute approximate surface area is 133 Å². The molecule has 0 saturated heterocycles. The third-order valence-electron chi connectivity index (χ3n) is 3.52. The molecule has 0 spiro atoms. The van der Waals surface area contributed by atoms with Gasteiger partial charge in [0.15, 0.2) is 0 Å². The number of carbonyl (C=O) groups excluding carboxylic acids is 1. The van der Waals surface area contributed by atoms with Crippen molar-refractivity contribution in [3.05, 3.63) is 53.6 Å². The van der Waals surface area contributed by atoms with Gasteiger partial charge in [-0.1, -0.05) is 18.2 Å². The van der Waals surface area contributed by atoms with Crippen molar-refractivity contribution < 1.29 is 21.8 Å². The summed E-state index contributed by atoms with van der Waals surface area (Å²) in [6.07, 6.45) is 0.959. The van der Waals surface area contributed by atoms with Gasteiger partial charge in [0.1, 0.15) is 10.6 Å². The van der Waals surface area contributed by atoms with Crippen molar-refractivity contribution in [1.82, 2.24) is 0 Å². The summed E-state index contributed by atoms with van der Waals surface area (Å²) < 4.78 is 40.1. The van der Waals surface area contributed by atoms with Crippen LogP contribution in [0.2, 0.25) is 0 Å². The Balaban J connectivity index is 1.70. The van der Waals surface area contributed by atoms with Gasteiger partial charge in [-0.05, 0) is 35.4 Å². The maximum absolute atomic E-state index is 13.0. The van der Waals surface area contributed by atoms with Gasteiger partial charge in [0, 0.05) is 12.1 Å². The maximum Gasteiger partial charge on any atom is 0.332 e. The zero-order valence-electron chi connectivity index (χ0n) is 12.1. The molecule has 120 valence electrons. The van der Waals surface area contributed by atoms with Crippen molar-refractivity contribution in [3.63, 3.8) is 0 Å². The molecule has 23 heavy (non-hydrogen) atoms. The molecule has 0 saturated carbocycles. The normalized spacial score (nSPS) is 13.3. The Morgan fingerprint density at radius 3 is 2.83 bits per heavy atom. The Morgan fingerprint density at radius 1 is 1.22 bits per heavy atom. The van der Waals surface area contributed by atoms with Crippen LogP contribution in [-0.4, -0.2) is 20.9 Å². The zero-order chi connectivity index (χ0) is 16.4. The zero-order valence-corrected chi connectivity index (χ0v) is 12.9. The molecule has 5 nitrogen and oxygen atoms in total. The minimum Gasteiger partial charge on any atom is -0.493 e. The van der Waals surface area contributed by atoms with Crippen molar-refractivity contribution in [3.8, 4) is 5.75 Å². The highest BCUT2D eigenvalue weighted by atomic mass is 32.3. The van der Waals surface area contributed by atoms with Crippen LogP contribution in [0.1, 0.15) is 11.1 Å². The van der Waals surface area contributed by atoms with Gasteiger partial charge >= 0.3 is 10.2 Å². The number of anilines is 1. The first-order chi connectivity index (χ1) is 10.9. The summed E-state index contributed by atoms with van der Waals surface area (Å²) >= 11 is 0. The van der Waals surface area contributed by atoms with Crippen LogP contribution in [0.4, 0.5) is 9.57 Å². The Morgan fingerprint density at radius 2 is 2.04 bits per heavy atom. The van der Waals surface area contributed by atoms with Crippen molar-refractivity contribution in [2.24, 2.45) is 0 Å². The predicted molar refractivity (Wildman–Crippen MR) is 82.7 cm³/mol. The molecule has 0 unspecified atom stereocenters. The minimum absolute atomic E-state index is 0.139. The number of rotatable bonds is 4. The molecule has 0 fully saturated rings. The number of hydrogen-bond acceptors (Lipinski definition) is 4. The molecule has 1 aliphatic rings. The highest BCUT2D eigenvalue weighted by Gasteiger charge is 2.15. The fraction of sp³-hybridized carbons (Fsp3) is 0.188. The summed E-state index contributed by atoms with van der Waals surface area (Å²) in [5.41, 5.74) is 2.14. The predicted octanol–water partition coefficient (Wildman–Crippen LogP) is 2.46. The summed E-state index contributed by atoms with van der Waals surface area (Å²) in [5.74, 6) is 0.535. The van der Waals surface area contributed by atoms with E-state index in [1.165, 1.54) is 12.1 Å². The SMILES string of the molecule is O=C(Cc1ccc2c(c1)CCO2)Nc1cccc(S(=O)(=O)F)c1. The summed E-state index contributed by atoms with van der Waals surface area (Å²) in [6, 6.07) is 10.7. The van der Waals surface area contributed by atoms with E-state index in [2.05, 4.69) is 5.32 Å². The molecule has 0 atom stereocenters. The Hall–Kier alpha value is -2.41. The smallest absolute Gasteiger partial charge is 0.332 e. The molecule has 1 aliphatic heterocycles. The van der Waals surface area contributed by atoms with E-state index in [1.54, 1.807) is 0 Å². The second-order valence-electron chi connectivity index (χ2n) is 5.23. The van der Waals surface area contributed by atoms with Crippen molar-refractivity contribution in [1.29, 1.82) is 0 Å². The number of benzene rings is 2. The Kier molecular flexibility index (Phi) is 4.04. The van der Waals surface area contributed by atoms with Gasteiger partial charge in [-0.2, -0.15) is 8.42 Å². The lowest BCUT2D eigenvalue weighted by atomic mass is 10.1. The molecule has 2 aromatic carbocycles. The molecule has 7 heteroatoms. The van der Waals surface area contributed by atoms with Gasteiger partial charge in [0.25, 0.3) is 0 Å². The lowest BCUT2D eigenvalue weighted by Crippen LogP contribution is -2.14. The second-order valence-corrected chi connectivity index (χ2v) is 6.58. The van der Waals surface area contributed by atoms with Crippen LogP contribution in [0.15, 0.2) is 47.4 Å². The van der Waals surface area contributed by atoms with E-state index in [0.717, 1.165) is 35.4 Å². The molecule has 0 aromatic heterocycles. The average molecular weight is 335 g/mol. The third kappa shape index (κ3) is 3.68. The summed E-state index contributed by atoms with van der Waals surface area (Å²) in [7, 11) is -4.79. The fourth-order valence-corrected chi connectivity index (χ4v) is 2.97. The molecule has 1 amide bonds. The highest BCUT2D eigenvalue weighted by Crippen LogP contribution is 2.26. The van der Waals surface area contributed by atoms with Crippen LogP contribution in [0.3, 0.4) is 0 Å². The molecule has 0 aliphatic carbocycles. The van der Waals surface area contributed by atoms with Crippen LogP contribution in [-0.2, 0) is 27.9 Å². The number of ether oxygens (including phenoxy) is 1. The number of halogens is 1. The van der Waals surface area contributed by atoms with Crippen LogP contribution in [0, 0.1) is 0 Å². The van der Waals surface area contributed by atoms with E-state index in [1.807, 2.05) is 18.2 Å². The molecule has 3 rings (SSSR count). The number of amides is 1. The lowest BCUT2D eigenvalue weighted by molar-refractivity contribution is -0.115. The van der Waals surface area contributed by atoms with Gasteiger partial charge in [-0.25, -0.2) is 0 Å².